The number of nitrogens with zero attached hydrogens (tertiary/aromatic N) is 4. The van der Waals surface area contributed by atoms with Crippen LogP contribution in [0.3, 0.4) is 0 Å². The van der Waals surface area contributed by atoms with Crippen LogP contribution in [0.4, 0.5) is 10.5 Å². The van der Waals surface area contributed by atoms with Gasteiger partial charge in [-0.2, -0.15) is 0 Å². The van der Waals surface area contributed by atoms with Gasteiger partial charge in [0.1, 0.15) is 5.60 Å². The molecule has 0 aliphatic heterocycles. The lowest BCUT2D eigenvalue weighted by Gasteiger charge is -2.19. The summed E-state index contributed by atoms with van der Waals surface area (Å²) >= 11 is 0. The smallest absolute Gasteiger partial charge is 0.407 e. The van der Waals surface area contributed by atoms with Crippen molar-refractivity contribution in [3.63, 3.8) is 0 Å². The maximum Gasteiger partial charge on any atom is 0.407 e. The fourth-order valence-corrected chi connectivity index (χ4v) is 1.67. The van der Waals surface area contributed by atoms with E-state index >= 15 is 0 Å². The van der Waals surface area contributed by atoms with E-state index in [0.717, 1.165) is 0 Å². The number of pyridine rings is 1. The molecule has 24 heavy (non-hydrogen) atoms. The summed E-state index contributed by atoms with van der Waals surface area (Å²) in [7, 11) is 0. The summed E-state index contributed by atoms with van der Waals surface area (Å²) in [5, 5.41) is 8.70. The monoisotopic (exact) mass is 334 g/mol. The fraction of sp³-hybridized carbons (Fsp3) is 0.533. The summed E-state index contributed by atoms with van der Waals surface area (Å²) < 4.78 is 5.09. The van der Waals surface area contributed by atoms with Gasteiger partial charge in [-0.15, -0.1) is 0 Å². The van der Waals surface area contributed by atoms with Crippen molar-refractivity contribution in [1.29, 1.82) is 0 Å². The number of alkyl carbamates (subject to hydrolysis) is 1. The van der Waals surface area contributed by atoms with E-state index in [1.54, 1.807) is 32.9 Å². The molecule has 0 bridgehead atoms. The fourth-order valence-electron chi connectivity index (χ4n) is 1.67. The summed E-state index contributed by atoms with van der Waals surface area (Å²) in [5.74, 6) is -0.175. The number of hydrogen-bond donors (Lipinski definition) is 2. The molecule has 1 aromatic heterocycles. The maximum atomic E-state index is 11.8. The first-order chi connectivity index (χ1) is 11.3. The average Bonchev–Trinajstić information content (AvgIpc) is 2.49. The third-order valence-electron chi connectivity index (χ3n) is 2.65. The Kier molecular flexibility index (Phi) is 7.51. The Labute approximate surface area is 140 Å². The number of hydrogen-bond acceptors (Lipinski definition) is 5. The Morgan fingerprint density at radius 3 is 2.71 bits per heavy atom. The van der Waals surface area contributed by atoms with E-state index in [1.165, 1.54) is 6.20 Å². The number of carbonyl (C=O) groups excluding carboxylic acids is 2. The Morgan fingerprint density at radius 1 is 1.38 bits per heavy atom. The van der Waals surface area contributed by atoms with Crippen LogP contribution in [0.1, 0.15) is 39.3 Å². The number of rotatable bonds is 7. The van der Waals surface area contributed by atoms with Gasteiger partial charge in [0.15, 0.2) is 0 Å². The van der Waals surface area contributed by atoms with Gasteiger partial charge in [0.05, 0.1) is 18.4 Å². The van der Waals surface area contributed by atoms with Crippen molar-refractivity contribution in [3.8, 4) is 0 Å². The molecule has 2 amide bonds. The second-order valence-corrected chi connectivity index (χ2v) is 6.01. The lowest BCUT2D eigenvalue weighted by molar-refractivity contribution is -0.116. The molecule has 1 heterocycles. The standard InChI is InChI=1S/C15H22N6O3/c1-15(2,3)24-14(23)17-8-4-5-13(22)20-12-7-6-11(18-9-12)10-19-21-16/h6-7,9H,4-5,8,10H2,1-3H3,(H,17,23)(H,20,22). The molecule has 1 rings (SSSR count). The number of ether oxygens (including phenoxy) is 1. The molecule has 0 spiro atoms. The summed E-state index contributed by atoms with van der Waals surface area (Å²) in [5.41, 5.74) is 8.87. The van der Waals surface area contributed by atoms with E-state index in [4.69, 9.17) is 10.3 Å². The predicted octanol–water partition coefficient (Wildman–Crippen LogP) is 3.14. The number of amides is 2. The Hall–Kier alpha value is -2.80. The highest BCUT2D eigenvalue weighted by atomic mass is 16.6. The predicted molar refractivity (Wildman–Crippen MR) is 89.2 cm³/mol. The second kappa shape index (κ2) is 9.36. The third kappa shape index (κ3) is 8.60. The zero-order chi connectivity index (χ0) is 18.0. The molecule has 9 heteroatoms. The quantitative estimate of drug-likeness (QED) is 0.343. The van der Waals surface area contributed by atoms with Gasteiger partial charge in [-0.05, 0) is 44.9 Å². The normalized spacial score (nSPS) is 10.5. The number of aromatic nitrogens is 1. The van der Waals surface area contributed by atoms with Crippen molar-refractivity contribution in [2.45, 2.75) is 45.8 Å². The molecule has 0 aliphatic carbocycles. The zero-order valence-corrected chi connectivity index (χ0v) is 14.1. The van der Waals surface area contributed by atoms with Crippen molar-refractivity contribution in [2.24, 2.45) is 5.11 Å². The van der Waals surface area contributed by atoms with Crippen molar-refractivity contribution >= 4 is 17.7 Å². The topological polar surface area (TPSA) is 129 Å². The zero-order valence-electron chi connectivity index (χ0n) is 14.1. The van der Waals surface area contributed by atoms with Crippen LogP contribution in [0, 0.1) is 0 Å². The van der Waals surface area contributed by atoms with Crippen LogP contribution in [0.5, 0.6) is 0 Å². The SMILES string of the molecule is CC(C)(C)OC(=O)NCCCC(=O)Nc1ccc(CN=[N+]=[N-])nc1. The van der Waals surface area contributed by atoms with E-state index in [1.807, 2.05) is 0 Å². The van der Waals surface area contributed by atoms with E-state index in [2.05, 4.69) is 25.6 Å². The van der Waals surface area contributed by atoms with Crippen LogP contribution >= 0.6 is 0 Å². The van der Waals surface area contributed by atoms with Gasteiger partial charge in [0, 0.05) is 23.6 Å². The van der Waals surface area contributed by atoms with E-state index < -0.39 is 11.7 Å². The highest BCUT2D eigenvalue weighted by molar-refractivity contribution is 5.90. The van der Waals surface area contributed by atoms with Gasteiger partial charge >= 0.3 is 6.09 Å². The maximum absolute atomic E-state index is 11.8. The van der Waals surface area contributed by atoms with Crippen LogP contribution in [0.2, 0.25) is 0 Å². The molecule has 0 unspecified atom stereocenters. The molecule has 130 valence electrons. The van der Waals surface area contributed by atoms with Crippen molar-refractivity contribution in [1.82, 2.24) is 10.3 Å². The van der Waals surface area contributed by atoms with Gasteiger partial charge in [-0.25, -0.2) is 4.79 Å². The number of anilines is 1. The third-order valence-corrected chi connectivity index (χ3v) is 2.65. The molecule has 0 saturated carbocycles. The molecule has 0 aliphatic rings. The Bertz CT molecular complexity index is 603. The minimum absolute atomic E-state index is 0.168. The molecule has 0 aromatic carbocycles. The van der Waals surface area contributed by atoms with Gasteiger partial charge in [-0.1, -0.05) is 5.11 Å². The average molecular weight is 334 g/mol. The van der Waals surface area contributed by atoms with E-state index in [0.29, 0.717) is 24.3 Å². The lowest BCUT2D eigenvalue weighted by atomic mass is 10.2. The molecular formula is C15H22N6O3. The first-order valence-electron chi connectivity index (χ1n) is 7.52. The highest BCUT2D eigenvalue weighted by Gasteiger charge is 2.15. The molecule has 2 N–H and O–H groups in total. The van der Waals surface area contributed by atoms with Crippen LogP contribution < -0.4 is 10.6 Å². The minimum atomic E-state index is -0.542. The second-order valence-electron chi connectivity index (χ2n) is 6.01. The van der Waals surface area contributed by atoms with E-state index in [9.17, 15) is 9.59 Å². The van der Waals surface area contributed by atoms with Crippen molar-refractivity contribution in [2.75, 3.05) is 11.9 Å². The summed E-state index contributed by atoms with van der Waals surface area (Å²) in [6.45, 7) is 5.87. The largest absolute Gasteiger partial charge is 0.444 e. The molecular weight excluding hydrogens is 312 g/mol. The molecule has 0 radical (unpaired) electrons. The lowest BCUT2D eigenvalue weighted by Crippen LogP contribution is -2.33. The van der Waals surface area contributed by atoms with Gasteiger partial charge in [-0.3, -0.25) is 9.78 Å². The molecule has 1 aromatic rings. The number of nitrogens with one attached hydrogen (secondary N) is 2. The van der Waals surface area contributed by atoms with Crippen LogP contribution in [0.15, 0.2) is 23.4 Å². The first-order valence-corrected chi connectivity index (χ1v) is 7.52. The summed E-state index contributed by atoms with van der Waals surface area (Å²) in [6, 6.07) is 3.36. The van der Waals surface area contributed by atoms with Crippen LogP contribution in [0.25, 0.3) is 10.4 Å². The minimum Gasteiger partial charge on any atom is -0.444 e. The number of azide groups is 1. The van der Waals surface area contributed by atoms with Gasteiger partial charge < -0.3 is 15.4 Å². The molecule has 0 saturated heterocycles. The summed E-state index contributed by atoms with van der Waals surface area (Å²) in [4.78, 5) is 29.9. The van der Waals surface area contributed by atoms with Crippen molar-refractivity contribution in [3.05, 3.63) is 34.5 Å². The first kappa shape index (κ1) is 19.2. The Balaban J connectivity index is 2.26. The van der Waals surface area contributed by atoms with E-state index in [-0.39, 0.29) is 18.9 Å². The van der Waals surface area contributed by atoms with Crippen molar-refractivity contribution < 1.29 is 14.3 Å². The number of carbonyl (C=O) groups is 2. The van der Waals surface area contributed by atoms with Crippen LogP contribution in [-0.2, 0) is 16.1 Å². The van der Waals surface area contributed by atoms with Gasteiger partial charge in [0.2, 0.25) is 5.91 Å². The van der Waals surface area contributed by atoms with Crippen LogP contribution in [-0.4, -0.2) is 29.1 Å². The molecule has 9 nitrogen and oxygen atoms in total. The highest BCUT2D eigenvalue weighted by Crippen LogP contribution is 2.08. The summed E-state index contributed by atoms with van der Waals surface area (Å²) in [6.07, 6.45) is 1.76. The molecule has 0 fully saturated rings. The van der Waals surface area contributed by atoms with Gasteiger partial charge in [0.25, 0.3) is 0 Å². The molecule has 0 atom stereocenters. The Morgan fingerprint density at radius 2 is 2.12 bits per heavy atom.